The lowest BCUT2D eigenvalue weighted by atomic mass is 9.79. The van der Waals surface area contributed by atoms with Gasteiger partial charge >= 0.3 is 0 Å². The van der Waals surface area contributed by atoms with Gasteiger partial charge in [0.25, 0.3) is 15.9 Å². The van der Waals surface area contributed by atoms with Crippen LogP contribution in [0.1, 0.15) is 24.8 Å². The molecule has 2 saturated carbocycles. The van der Waals surface area contributed by atoms with E-state index in [2.05, 4.69) is 19.8 Å². The van der Waals surface area contributed by atoms with Crippen molar-refractivity contribution in [3.8, 4) is 0 Å². The zero-order chi connectivity index (χ0) is 21.4. The molecule has 162 valence electrons. The minimum absolute atomic E-state index is 0.101. The monoisotopic (exact) mass is 472 g/mol. The van der Waals surface area contributed by atoms with Crippen molar-refractivity contribution in [3.05, 3.63) is 22.3 Å². The maximum Gasteiger partial charge on any atom is 0.287 e. The molecule has 2 fully saturated rings. The number of hydrogen-bond acceptors (Lipinski definition) is 8. The number of aliphatic hydroxyl groups is 1. The Kier molecular flexibility index (Phi) is 4.34. The van der Waals surface area contributed by atoms with E-state index in [1.54, 1.807) is 0 Å². The van der Waals surface area contributed by atoms with Crippen LogP contribution in [0.15, 0.2) is 26.0 Å². The van der Waals surface area contributed by atoms with Crippen molar-refractivity contribution in [2.45, 2.75) is 36.7 Å². The van der Waals surface area contributed by atoms with Crippen molar-refractivity contribution in [3.63, 3.8) is 0 Å². The number of carbonyl (C=O) groups excluding carboxylic acids is 1. The summed E-state index contributed by atoms with van der Waals surface area (Å²) < 4.78 is 54.5. The van der Waals surface area contributed by atoms with Crippen molar-refractivity contribution in [2.24, 2.45) is 22.2 Å². The number of nitrogens with zero attached hydrogens (tertiary/aromatic N) is 1. The van der Waals surface area contributed by atoms with Gasteiger partial charge in [0.2, 0.25) is 10.0 Å². The molecule has 4 aliphatic rings. The normalized spacial score (nSPS) is 31.6. The predicted octanol–water partition coefficient (Wildman–Crippen LogP) is 0.667. The van der Waals surface area contributed by atoms with Crippen LogP contribution in [0.5, 0.6) is 0 Å². The van der Waals surface area contributed by atoms with Gasteiger partial charge in [0, 0.05) is 24.1 Å². The van der Waals surface area contributed by atoms with Gasteiger partial charge in [-0.25, -0.2) is 13.1 Å². The summed E-state index contributed by atoms with van der Waals surface area (Å²) in [6, 6.07) is -0.119. The van der Waals surface area contributed by atoms with Crippen LogP contribution in [0.25, 0.3) is 0 Å². The average molecular weight is 473 g/mol. The summed E-state index contributed by atoms with van der Waals surface area (Å²) in [5, 5.41) is 18.5. The van der Waals surface area contributed by atoms with E-state index in [-0.39, 0.29) is 57.1 Å². The summed E-state index contributed by atoms with van der Waals surface area (Å²) in [5.74, 6) is -0.460. The summed E-state index contributed by atoms with van der Waals surface area (Å²) in [4.78, 5) is 12.6. The average Bonchev–Trinajstić information content (AvgIpc) is 3.33. The number of amidine groups is 1. The summed E-state index contributed by atoms with van der Waals surface area (Å²) in [7, 11) is -7.71. The summed E-state index contributed by atoms with van der Waals surface area (Å²) in [5.41, 5.74) is 0.123. The maximum atomic E-state index is 12.9. The SMILES string of the molecule is CS(=O)(=O)NCc1csc2c1S(=O)(=O)N=C(C1=C(O)C3C(NC1=O)[C@@H]1CC[C@H]3C1)N2. The minimum atomic E-state index is -4.20. The summed E-state index contributed by atoms with van der Waals surface area (Å²) in [6.45, 7) is -0.197. The zero-order valence-electron chi connectivity index (χ0n) is 15.9. The highest BCUT2D eigenvalue weighted by Crippen LogP contribution is 2.52. The first kappa shape index (κ1) is 20.0. The molecule has 2 aliphatic carbocycles. The molecule has 30 heavy (non-hydrogen) atoms. The summed E-state index contributed by atoms with van der Waals surface area (Å²) >= 11 is 1.06. The van der Waals surface area contributed by atoms with Gasteiger partial charge < -0.3 is 15.7 Å². The molecule has 0 spiro atoms. The number of rotatable bonds is 4. The van der Waals surface area contributed by atoms with E-state index in [0.29, 0.717) is 5.92 Å². The van der Waals surface area contributed by atoms with Crippen molar-refractivity contribution >= 4 is 48.1 Å². The highest BCUT2D eigenvalue weighted by Gasteiger charge is 2.54. The van der Waals surface area contributed by atoms with Gasteiger partial charge in [0.15, 0.2) is 5.84 Å². The molecule has 2 bridgehead atoms. The third kappa shape index (κ3) is 3.06. The molecule has 0 saturated heterocycles. The molecule has 3 heterocycles. The maximum absolute atomic E-state index is 12.9. The molecule has 4 atom stereocenters. The second-order valence-corrected chi connectivity index (χ2v) is 12.4. The second kappa shape index (κ2) is 6.52. The van der Waals surface area contributed by atoms with Crippen LogP contribution < -0.4 is 15.4 Å². The molecule has 4 N–H and O–H groups in total. The van der Waals surface area contributed by atoms with Crippen LogP contribution in [0.2, 0.25) is 0 Å². The van der Waals surface area contributed by atoms with Gasteiger partial charge in [-0.3, -0.25) is 4.79 Å². The van der Waals surface area contributed by atoms with Crippen LogP contribution in [0.4, 0.5) is 5.00 Å². The van der Waals surface area contributed by atoms with Gasteiger partial charge in [-0.1, -0.05) is 0 Å². The highest BCUT2D eigenvalue weighted by atomic mass is 32.2. The quantitative estimate of drug-likeness (QED) is 0.502. The molecule has 1 aromatic rings. The van der Waals surface area contributed by atoms with E-state index in [9.17, 15) is 26.7 Å². The number of hydrogen-bond donors (Lipinski definition) is 4. The van der Waals surface area contributed by atoms with Gasteiger partial charge in [-0.2, -0.15) is 8.42 Å². The molecule has 2 aliphatic heterocycles. The Morgan fingerprint density at radius 1 is 1.33 bits per heavy atom. The Hall–Kier alpha value is -1.96. The topological polar surface area (TPSA) is 154 Å². The van der Waals surface area contributed by atoms with Crippen LogP contribution in [-0.2, 0) is 31.4 Å². The Balaban J connectivity index is 1.52. The van der Waals surface area contributed by atoms with Crippen molar-refractivity contribution in [1.29, 1.82) is 0 Å². The molecule has 0 aromatic carbocycles. The van der Waals surface area contributed by atoms with E-state index in [1.807, 2.05) is 0 Å². The van der Waals surface area contributed by atoms with Crippen LogP contribution in [0, 0.1) is 17.8 Å². The minimum Gasteiger partial charge on any atom is -0.511 e. The van der Waals surface area contributed by atoms with Gasteiger partial charge in [0.1, 0.15) is 21.2 Å². The summed E-state index contributed by atoms with van der Waals surface area (Å²) in [6.07, 6.45) is 3.92. The molecule has 5 rings (SSSR count). The molecule has 0 radical (unpaired) electrons. The third-order valence-corrected chi connectivity index (χ3v) is 9.44. The molecular formula is C17H20N4O6S3. The number of fused-ring (bicyclic) bond motifs is 6. The predicted molar refractivity (Wildman–Crippen MR) is 110 cm³/mol. The van der Waals surface area contributed by atoms with Crippen LogP contribution >= 0.6 is 11.3 Å². The van der Waals surface area contributed by atoms with Crippen molar-refractivity contribution in [1.82, 2.24) is 10.0 Å². The van der Waals surface area contributed by atoms with E-state index >= 15 is 0 Å². The Morgan fingerprint density at radius 2 is 2.07 bits per heavy atom. The zero-order valence-corrected chi connectivity index (χ0v) is 18.3. The number of anilines is 1. The second-order valence-electron chi connectivity index (χ2n) is 8.17. The fraction of sp³-hybridized carbons (Fsp3) is 0.529. The molecule has 2 unspecified atom stereocenters. The number of thiophene rings is 1. The highest BCUT2D eigenvalue weighted by molar-refractivity contribution is 7.91. The van der Waals surface area contributed by atoms with E-state index in [4.69, 9.17) is 0 Å². The Morgan fingerprint density at radius 3 is 2.80 bits per heavy atom. The van der Waals surface area contributed by atoms with Gasteiger partial charge in [-0.15, -0.1) is 15.7 Å². The van der Waals surface area contributed by atoms with Crippen LogP contribution in [0.3, 0.4) is 0 Å². The number of nitrogens with one attached hydrogen (secondary N) is 3. The molecule has 1 aromatic heterocycles. The standard InChI is InChI=1S/C17H20N4O6S3/c1-29(24,25)18-5-9-6-28-17-14(9)30(26,27)21-15(20-17)11-13(22)10-7-2-3-8(4-7)12(10)19-16(11)23/h6-8,10,12,18,22H,2-5H2,1H3,(H,19,23)(H,20,21)/t7-,8+,10?,12?/m0/s1. The third-order valence-electron chi connectivity index (χ3n) is 6.29. The lowest BCUT2D eigenvalue weighted by molar-refractivity contribution is -0.119. The smallest absolute Gasteiger partial charge is 0.287 e. The van der Waals surface area contributed by atoms with E-state index < -0.39 is 26.0 Å². The molecular weight excluding hydrogens is 452 g/mol. The van der Waals surface area contributed by atoms with E-state index in [1.165, 1.54) is 5.38 Å². The Bertz CT molecular complexity index is 1230. The first-order chi connectivity index (χ1) is 14.0. The number of aliphatic hydroxyl groups excluding tert-OH is 1. The van der Waals surface area contributed by atoms with Gasteiger partial charge in [0.05, 0.1) is 6.26 Å². The van der Waals surface area contributed by atoms with Crippen LogP contribution in [-0.4, -0.2) is 46.0 Å². The molecule has 10 nitrogen and oxygen atoms in total. The molecule has 13 heteroatoms. The largest absolute Gasteiger partial charge is 0.511 e. The number of amides is 1. The fourth-order valence-electron chi connectivity index (χ4n) is 5.11. The van der Waals surface area contributed by atoms with E-state index in [0.717, 1.165) is 36.9 Å². The number of sulfonamides is 2. The lowest BCUT2D eigenvalue weighted by Crippen LogP contribution is -2.51. The first-order valence-electron chi connectivity index (χ1n) is 9.46. The van der Waals surface area contributed by atoms with Crippen molar-refractivity contribution < 1.29 is 26.7 Å². The fourth-order valence-corrected chi connectivity index (χ4v) is 8.14. The number of carbonyl (C=O) groups is 1. The molecule has 1 amide bonds. The first-order valence-corrected chi connectivity index (χ1v) is 13.7. The lowest BCUT2D eigenvalue weighted by Gasteiger charge is -2.36. The van der Waals surface area contributed by atoms with Crippen molar-refractivity contribution in [2.75, 3.05) is 11.6 Å². The Labute approximate surface area is 177 Å². The van der Waals surface area contributed by atoms with Gasteiger partial charge in [-0.05, 0) is 36.5 Å².